The minimum absolute atomic E-state index is 0.0154. The van der Waals surface area contributed by atoms with Crippen molar-refractivity contribution in [2.75, 3.05) is 19.7 Å². The summed E-state index contributed by atoms with van der Waals surface area (Å²) >= 11 is 0. The van der Waals surface area contributed by atoms with Crippen LogP contribution in [-0.2, 0) is 4.79 Å². The Morgan fingerprint density at radius 2 is 1.95 bits per heavy atom. The Labute approximate surface area is 112 Å². The quantitative estimate of drug-likeness (QED) is 0.525. The Kier molecular flexibility index (Phi) is 6.60. The first-order chi connectivity index (χ1) is 9.13. The molecule has 0 bridgehead atoms. The van der Waals surface area contributed by atoms with Crippen LogP contribution in [0.3, 0.4) is 0 Å². The van der Waals surface area contributed by atoms with E-state index >= 15 is 0 Å². The molecule has 0 fully saturated rings. The highest BCUT2D eigenvalue weighted by molar-refractivity contribution is 5.97. The van der Waals surface area contributed by atoms with Gasteiger partial charge in [-0.2, -0.15) is 0 Å². The molecule has 1 aromatic carbocycles. The second kappa shape index (κ2) is 8.26. The summed E-state index contributed by atoms with van der Waals surface area (Å²) in [7, 11) is 0. The second-order valence-corrected chi connectivity index (χ2v) is 4.05. The third kappa shape index (κ3) is 6.01. The van der Waals surface area contributed by atoms with Gasteiger partial charge in [0, 0.05) is 12.0 Å². The minimum Gasteiger partial charge on any atom is -0.494 e. The van der Waals surface area contributed by atoms with Crippen molar-refractivity contribution in [2.24, 2.45) is 0 Å². The molecular formula is C14H19NO4. The molecular weight excluding hydrogens is 246 g/mol. The summed E-state index contributed by atoms with van der Waals surface area (Å²) in [5, 5.41) is 11.4. The molecule has 0 radical (unpaired) electrons. The van der Waals surface area contributed by atoms with E-state index in [2.05, 4.69) is 5.32 Å². The predicted octanol–water partition coefficient (Wildman–Crippen LogP) is 1.72. The van der Waals surface area contributed by atoms with E-state index < -0.39 is 5.97 Å². The minimum atomic E-state index is -0.820. The smallest absolute Gasteiger partial charge is 0.303 e. The number of carbonyl (C=O) groups excluding carboxylic acids is 1. The average Bonchev–Trinajstić information content (AvgIpc) is 2.39. The molecule has 0 saturated heterocycles. The molecule has 0 atom stereocenters. The Morgan fingerprint density at radius 1 is 1.26 bits per heavy atom. The summed E-state index contributed by atoms with van der Waals surface area (Å²) in [6.07, 6.45) is 0.635. The van der Waals surface area contributed by atoms with Crippen LogP contribution in [0.2, 0.25) is 0 Å². The van der Waals surface area contributed by atoms with Gasteiger partial charge in [-0.3, -0.25) is 9.59 Å². The zero-order valence-corrected chi connectivity index (χ0v) is 11.0. The molecule has 5 nitrogen and oxygen atoms in total. The van der Waals surface area contributed by atoms with Crippen molar-refractivity contribution < 1.29 is 19.4 Å². The van der Waals surface area contributed by atoms with E-state index in [9.17, 15) is 9.59 Å². The maximum Gasteiger partial charge on any atom is 0.303 e. The summed E-state index contributed by atoms with van der Waals surface area (Å²) in [5.41, 5.74) is 0.620. The molecule has 0 spiro atoms. The highest BCUT2D eigenvalue weighted by atomic mass is 16.5. The first-order valence-electron chi connectivity index (χ1n) is 6.32. The molecule has 0 aliphatic rings. The van der Waals surface area contributed by atoms with E-state index in [1.165, 1.54) is 0 Å². The summed E-state index contributed by atoms with van der Waals surface area (Å²) in [4.78, 5) is 22.1. The van der Waals surface area contributed by atoms with Crippen LogP contribution < -0.4 is 10.1 Å². The van der Waals surface area contributed by atoms with Crippen LogP contribution in [-0.4, -0.2) is 36.6 Å². The monoisotopic (exact) mass is 265 g/mol. The van der Waals surface area contributed by atoms with Gasteiger partial charge in [0.15, 0.2) is 5.78 Å². The highest BCUT2D eigenvalue weighted by Crippen LogP contribution is 2.12. The molecule has 0 amide bonds. The van der Waals surface area contributed by atoms with Crippen LogP contribution >= 0.6 is 0 Å². The lowest BCUT2D eigenvalue weighted by Gasteiger charge is -2.05. The lowest BCUT2D eigenvalue weighted by Crippen LogP contribution is -2.24. The molecule has 1 aromatic rings. The van der Waals surface area contributed by atoms with Crippen LogP contribution in [0.25, 0.3) is 0 Å². The van der Waals surface area contributed by atoms with Gasteiger partial charge in [0.05, 0.1) is 13.2 Å². The molecule has 5 heteroatoms. The van der Waals surface area contributed by atoms with Crippen LogP contribution in [0.4, 0.5) is 0 Å². The van der Waals surface area contributed by atoms with Gasteiger partial charge in [0.1, 0.15) is 5.75 Å². The van der Waals surface area contributed by atoms with Gasteiger partial charge in [0.25, 0.3) is 0 Å². The van der Waals surface area contributed by atoms with Crippen LogP contribution in [0, 0.1) is 0 Å². The van der Waals surface area contributed by atoms with Gasteiger partial charge >= 0.3 is 5.97 Å². The van der Waals surface area contributed by atoms with Crippen LogP contribution in [0.15, 0.2) is 24.3 Å². The average molecular weight is 265 g/mol. The topological polar surface area (TPSA) is 75.6 Å². The fourth-order valence-corrected chi connectivity index (χ4v) is 1.57. The summed E-state index contributed by atoms with van der Waals surface area (Å²) < 4.78 is 5.29. The standard InChI is InChI=1S/C14H19NO4/c1-2-19-12-7-5-11(6-8-12)13(16)10-15-9-3-4-14(17)18/h5-8,15H,2-4,9-10H2,1H3,(H,17,18). The summed E-state index contributed by atoms with van der Waals surface area (Å²) in [6.45, 7) is 3.24. The lowest BCUT2D eigenvalue weighted by atomic mass is 10.1. The Bertz CT molecular complexity index is 414. The van der Waals surface area contributed by atoms with E-state index in [0.717, 1.165) is 5.75 Å². The third-order valence-corrected chi connectivity index (χ3v) is 2.52. The van der Waals surface area contributed by atoms with Crippen molar-refractivity contribution in [3.05, 3.63) is 29.8 Å². The van der Waals surface area contributed by atoms with E-state index in [1.54, 1.807) is 24.3 Å². The molecule has 0 aliphatic heterocycles. The number of nitrogens with one attached hydrogen (secondary N) is 1. The molecule has 104 valence electrons. The van der Waals surface area contributed by atoms with Gasteiger partial charge in [-0.05, 0) is 44.2 Å². The number of carbonyl (C=O) groups is 2. The zero-order chi connectivity index (χ0) is 14.1. The number of hydrogen-bond donors (Lipinski definition) is 2. The van der Waals surface area contributed by atoms with E-state index in [-0.39, 0.29) is 18.7 Å². The number of hydrogen-bond acceptors (Lipinski definition) is 4. The number of rotatable bonds is 9. The number of carboxylic acid groups (broad SMARTS) is 1. The van der Waals surface area contributed by atoms with Crippen molar-refractivity contribution in [3.8, 4) is 5.75 Å². The highest BCUT2D eigenvalue weighted by Gasteiger charge is 2.05. The molecule has 0 aromatic heterocycles. The van der Waals surface area contributed by atoms with Crippen molar-refractivity contribution in [1.82, 2.24) is 5.32 Å². The maximum atomic E-state index is 11.8. The predicted molar refractivity (Wildman–Crippen MR) is 71.7 cm³/mol. The second-order valence-electron chi connectivity index (χ2n) is 4.05. The lowest BCUT2D eigenvalue weighted by molar-refractivity contribution is -0.137. The number of ketones is 1. The van der Waals surface area contributed by atoms with Crippen molar-refractivity contribution in [2.45, 2.75) is 19.8 Å². The third-order valence-electron chi connectivity index (χ3n) is 2.52. The molecule has 1 rings (SSSR count). The van der Waals surface area contributed by atoms with E-state index in [0.29, 0.717) is 25.1 Å². The van der Waals surface area contributed by atoms with Crippen molar-refractivity contribution in [3.63, 3.8) is 0 Å². The zero-order valence-electron chi connectivity index (χ0n) is 11.0. The number of ether oxygens (including phenoxy) is 1. The largest absolute Gasteiger partial charge is 0.494 e. The van der Waals surface area contributed by atoms with E-state index in [4.69, 9.17) is 9.84 Å². The van der Waals surface area contributed by atoms with Crippen LogP contribution in [0.1, 0.15) is 30.1 Å². The molecule has 0 unspecified atom stereocenters. The Balaban J connectivity index is 2.30. The molecule has 0 aliphatic carbocycles. The number of benzene rings is 1. The van der Waals surface area contributed by atoms with Gasteiger partial charge in [-0.15, -0.1) is 0 Å². The van der Waals surface area contributed by atoms with E-state index in [1.807, 2.05) is 6.92 Å². The van der Waals surface area contributed by atoms with Crippen LogP contribution in [0.5, 0.6) is 5.75 Å². The maximum absolute atomic E-state index is 11.8. The molecule has 19 heavy (non-hydrogen) atoms. The molecule has 0 saturated carbocycles. The SMILES string of the molecule is CCOc1ccc(C(=O)CNCCCC(=O)O)cc1. The summed E-state index contributed by atoms with van der Waals surface area (Å²) in [5.74, 6) is -0.0912. The first-order valence-corrected chi connectivity index (χ1v) is 6.32. The van der Waals surface area contributed by atoms with Gasteiger partial charge in [0.2, 0.25) is 0 Å². The normalized spacial score (nSPS) is 10.2. The van der Waals surface area contributed by atoms with Crippen molar-refractivity contribution >= 4 is 11.8 Å². The van der Waals surface area contributed by atoms with Crippen molar-refractivity contribution in [1.29, 1.82) is 0 Å². The first kappa shape index (κ1) is 15.2. The summed E-state index contributed by atoms with van der Waals surface area (Å²) in [6, 6.07) is 6.99. The fraction of sp³-hybridized carbons (Fsp3) is 0.429. The number of aliphatic carboxylic acids is 1. The van der Waals surface area contributed by atoms with Gasteiger partial charge in [-0.1, -0.05) is 0 Å². The molecule has 0 heterocycles. The Hall–Kier alpha value is -1.88. The Morgan fingerprint density at radius 3 is 2.53 bits per heavy atom. The van der Waals surface area contributed by atoms with Gasteiger partial charge < -0.3 is 15.2 Å². The molecule has 2 N–H and O–H groups in total. The van der Waals surface area contributed by atoms with Gasteiger partial charge in [-0.25, -0.2) is 0 Å². The number of Topliss-reactive ketones (excluding diaryl/α,β-unsaturated/α-hetero) is 1. The fourth-order valence-electron chi connectivity index (χ4n) is 1.57. The number of carboxylic acids is 1.